The first-order valence-corrected chi connectivity index (χ1v) is 5.90. The summed E-state index contributed by atoms with van der Waals surface area (Å²) in [6.45, 7) is 2.43. The third kappa shape index (κ3) is 3.99. The maximum absolute atomic E-state index is 11.6. The summed E-state index contributed by atoms with van der Waals surface area (Å²) in [5.41, 5.74) is 0.546. The number of hydrogen-bond donors (Lipinski definition) is 1. The Labute approximate surface area is 111 Å². The number of benzene rings is 1. The Morgan fingerprint density at radius 1 is 1.21 bits per heavy atom. The Morgan fingerprint density at radius 2 is 2.00 bits per heavy atom. The fourth-order valence-corrected chi connectivity index (χ4v) is 1.43. The first kappa shape index (κ1) is 12.9. The molecule has 0 fully saturated rings. The van der Waals surface area contributed by atoms with Crippen LogP contribution in [0.5, 0.6) is 11.6 Å². The van der Waals surface area contributed by atoms with E-state index in [0.29, 0.717) is 23.9 Å². The Hall–Kier alpha value is -2.56. The van der Waals surface area contributed by atoms with Crippen LogP contribution in [0, 0.1) is 0 Å². The van der Waals surface area contributed by atoms with E-state index in [0.717, 1.165) is 0 Å². The van der Waals surface area contributed by atoms with E-state index in [4.69, 9.17) is 9.47 Å². The third-order valence-corrected chi connectivity index (χ3v) is 2.23. The molecule has 0 saturated heterocycles. The molecule has 2 aromatic rings. The average Bonchev–Trinajstić information content (AvgIpc) is 2.42. The minimum Gasteiger partial charge on any atom is -0.478 e. The number of carbonyl (C=O) groups excluding carboxylic acids is 1. The zero-order chi connectivity index (χ0) is 13.5. The van der Waals surface area contributed by atoms with Gasteiger partial charge in [0.1, 0.15) is 5.75 Å². The topological polar surface area (TPSA) is 60.5 Å². The molecule has 1 amide bonds. The molecule has 0 aliphatic carbocycles. The first-order valence-electron chi connectivity index (χ1n) is 5.90. The maximum Gasteiger partial charge on any atom is 0.417 e. The van der Waals surface area contributed by atoms with E-state index in [-0.39, 0.29) is 0 Å². The minimum absolute atomic E-state index is 0.485. The Morgan fingerprint density at radius 3 is 2.63 bits per heavy atom. The molecule has 1 aromatic heterocycles. The maximum atomic E-state index is 11.6. The van der Waals surface area contributed by atoms with E-state index in [1.54, 1.807) is 36.4 Å². The molecule has 0 unspecified atom stereocenters. The molecule has 0 aliphatic rings. The van der Waals surface area contributed by atoms with Gasteiger partial charge in [-0.05, 0) is 25.1 Å². The van der Waals surface area contributed by atoms with E-state index < -0.39 is 6.09 Å². The summed E-state index contributed by atoms with van der Waals surface area (Å²) < 4.78 is 10.3. The number of carbonyl (C=O) groups is 1. The van der Waals surface area contributed by atoms with Gasteiger partial charge in [-0.2, -0.15) is 0 Å². The average molecular weight is 258 g/mol. The lowest BCUT2D eigenvalue weighted by atomic mass is 10.3. The number of hydrogen-bond acceptors (Lipinski definition) is 4. The molecule has 0 atom stereocenters. The summed E-state index contributed by atoms with van der Waals surface area (Å²) in [6.07, 6.45) is 0.953. The van der Waals surface area contributed by atoms with E-state index in [9.17, 15) is 4.79 Å². The molecule has 0 aliphatic heterocycles. The van der Waals surface area contributed by atoms with Crippen molar-refractivity contribution in [3.05, 3.63) is 48.7 Å². The number of ether oxygens (including phenoxy) is 2. The number of aromatic nitrogens is 1. The SMILES string of the molecule is CCOc1ccc(NC(=O)Oc2ccccc2)cn1. The van der Waals surface area contributed by atoms with Crippen LogP contribution >= 0.6 is 0 Å². The molecule has 1 heterocycles. The number of para-hydroxylation sites is 1. The van der Waals surface area contributed by atoms with Crippen LogP contribution in [0.2, 0.25) is 0 Å². The molecule has 1 N–H and O–H groups in total. The van der Waals surface area contributed by atoms with Crippen LogP contribution in [0.4, 0.5) is 10.5 Å². The Bertz CT molecular complexity index is 526. The quantitative estimate of drug-likeness (QED) is 0.915. The summed E-state index contributed by atoms with van der Waals surface area (Å²) >= 11 is 0. The smallest absolute Gasteiger partial charge is 0.417 e. The molecule has 0 bridgehead atoms. The molecule has 98 valence electrons. The second kappa shape index (κ2) is 6.39. The molecule has 0 radical (unpaired) electrons. The number of pyridine rings is 1. The second-order valence-electron chi connectivity index (χ2n) is 3.65. The van der Waals surface area contributed by atoms with Gasteiger partial charge in [0.15, 0.2) is 0 Å². The van der Waals surface area contributed by atoms with Crippen LogP contribution in [-0.4, -0.2) is 17.7 Å². The number of anilines is 1. The van der Waals surface area contributed by atoms with E-state index >= 15 is 0 Å². The van der Waals surface area contributed by atoms with Gasteiger partial charge >= 0.3 is 6.09 Å². The molecule has 19 heavy (non-hydrogen) atoms. The highest BCUT2D eigenvalue weighted by Crippen LogP contribution is 2.13. The monoisotopic (exact) mass is 258 g/mol. The van der Waals surface area contributed by atoms with Gasteiger partial charge < -0.3 is 9.47 Å². The minimum atomic E-state index is -0.558. The summed E-state index contributed by atoms with van der Waals surface area (Å²) in [7, 11) is 0. The van der Waals surface area contributed by atoms with Crippen LogP contribution < -0.4 is 14.8 Å². The molecule has 0 saturated carbocycles. The lowest BCUT2D eigenvalue weighted by Gasteiger charge is -2.07. The predicted molar refractivity (Wildman–Crippen MR) is 71.5 cm³/mol. The number of nitrogens with zero attached hydrogens (tertiary/aromatic N) is 1. The highest BCUT2D eigenvalue weighted by atomic mass is 16.6. The summed E-state index contributed by atoms with van der Waals surface area (Å²) in [4.78, 5) is 15.6. The zero-order valence-corrected chi connectivity index (χ0v) is 10.5. The van der Waals surface area contributed by atoms with Crippen LogP contribution in [0.15, 0.2) is 48.7 Å². The zero-order valence-electron chi connectivity index (χ0n) is 10.5. The molecule has 1 aromatic carbocycles. The fraction of sp³-hybridized carbons (Fsp3) is 0.143. The predicted octanol–water partition coefficient (Wildman–Crippen LogP) is 3.09. The van der Waals surface area contributed by atoms with Gasteiger partial charge in [-0.25, -0.2) is 9.78 Å². The van der Waals surface area contributed by atoms with Crippen LogP contribution in [-0.2, 0) is 0 Å². The lowest BCUT2D eigenvalue weighted by molar-refractivity contribution is 0.215. The summed E-state index contributed by atoms with van der Waals surface area (Å²) in [5, 5.41) is 2.58. The Balaban J connectivity index is 1.91. The second-order valence-corrected chi connectivity index (χ2v) is 3.65. The molecular formula is C14H14N2O3. The van der Waals surface area contributed by atoms with Gasteiger partial charge in [0.05, 0.1) is 18.5 Å². The van der Waals surface area contributed by atoms with Gasteiger partial charge in [-0.3, -0.25) is 5.32 Å². The van der Waals surface area contributed by atoms with Gasteiger partial charge in [-0.1, -0.05) is 18.2 Å². The number of nitrogens with one attached hydrogen (secondary N) is 1. The van der Waals surface area contributed by atoms with Crippen LogP contribution in [0.1, 0.15) is 6.92 Å². The van der Waals surface area contributed by atoms with Crippen molar-refractivity contribution < 1.29 is 14.3 Å². The van der Waals surface area contributed by atoms with E-state index in [1.807, 2.05) is 13.0 Å². The first-order chi connectivity index (χ1) is 9.28. The fourth-order valence-electron chi connectivity index (χ4n) is 1.43. The van der Waals surface area contributed by atoms with Crippen molar-refractivity contribution in [1.82, 2.24) is 4.98 Å². The molecule has 0 spiro atoms. The molecular weight excluding hydrogens is 244 g/mol. The van der Waals surface area contributed by atoms with E-state index in [1.165, 1.54) is 6.20 Å². The lowest BCUT2D eigenvalue weighted by Crippen LogP contribution is -2.16. The van der Waals surface area contributed by atoms with Gasteiger partial charge in [-0.15, -0.1) is 0 Å². The van der Waals surface area contributed by atoms with E-state index in [2.05, 4.69) is 10.3 Å². The van der Waals surface area contributed by atoms with Crippen molar-refractivity contribution in [1.29, 1.82) is 0 Å². The van der Waals surface area contributed by atoms with Crippen molar-refractivity contribution in [2.45, 2.75) is 6.92 Å². The normalized spacial score (nSPS) is 9.74. The summed E-state index contributed by atoms with van der Waals surface area (Å²) in [6, 6.07) is 12.2. The van der Waals surface area contributed by atoms with Crippen molar-refractivity contribution >= 4 is 11.8 Å². The van der Waals surface area contributed by atoms with Crippen molar-refractivity contribution in [3.63, 3.8) is 0 Å². The highest BCUT2D eigenvalue weighted by molar-refractivity contribution is 5.86. The van der Waals surface area contributed by atoms with Gasteiger partial charge in [0.2, 0.25) is 5.88 Å². The van der Waals surface area contributed by atoms with Crippen molar-refractivity contribution in [3.8, 4) is 11.6 Å². The van der Waals surface area contributed by atoms with Crippen molar-refractivity contribution in [2.75, 3.05) is 11.9 Å². The number of rotatable bonds is 4. The Kier molecular flexibility index (Phi) is 4.34. The molecule has 5 nitrogen and oxygen atoms in total. The third-order valence-electron chi connectivity index (χ3n) is 2.23. The molecule has 2 rings (SSSR count). The highest BCUT2D eigenvalue weighted by Gasteiger charge is 2.05. The largest absolute Gasteiger partial charge is 0.478 e. The van der Waals surface area contributed by atoms with Crippen molar-refractivity contribution in [2.24, 2.45) is 0 Å². The molecule has 5 heteroatoms. The van der Waals surface area contributed by atoms with Crippen LogP contribution in [0.25, 0.3) is 0 Å². The van der Waals surface area contributed by atoms with Crippen LogP contribution in [0.3, 0.4) is 0 Å². The number of amides is 1. The standard InChI is InChI=1S/C14H14N2O3/c1-2-18-13-9-8-11(10-15-13)16-14(17)19-12-6-4-3-5-7-12/h3-10H,2H2,1H3,(H,16,17). The van der Waals surface area contributed by atoms with Gasteiger partial charge in [0.25, 0.3) is 0 Å². The summed E-state index contributed by atoms with van der Waals surface area (Å²) in [5.74, 6) is 1.00. The van der Waals surface area contributed by atoms with Gasteiger partial charge in [0, 0.05) is 6.07 Å².